The molecule has 1 fully saturated rings. The van der Waals surface area contributed by atoms with Crippen LogP contribution in [0.3, 0.4) is 0 Å². The van der Waals surface area contributed by atoms with Gasteiger partial charge in [-0.3, -0.25) is 0 Å². The molecule has 1 aliphatic heterocycles. The lowest BCUT2D eigenvalue weighted by atomic mass is 10.2. The van der Waals surface area contributed by atoms with Crippen molar-refractivity contribution in [3.63, 3.8) is 0 Å². The summed E-state index contributed by atoms with van der Waals surface area (Å²) in [6.45, 7) is 5.65. The molecule has 1 saturated heterocycles. The largest absolute Gasteiger partial charge is 0.379 e. The Labute approximate surface area is 109 Å². The van der Waals surface area contributed by atoms with E-state index in [2.05, 4.69) is 34.4 Å². The quantitative estimate of drug-likeness (QED) is 0.840. The molecule has 1 unspecified atom stereocenters. The van der Waals surface area contributed by atoms with E-state index in [1.54, 1.807) is 0 Å². The van der Waals surface area contributed by atoms with Crippen molar-refractivity contribution in [2.24, 2.45) is 0 Å². The van der Waals surface area contributed by atoms with Crippen LogP contribution in [0.4, 0.5) is 5.82 Å². The van der Waals surface area contributed by atoms with E-state index in [-0.39, 0.29) is 0 Å². The van der Waals surface area contributed by atoms with Gasteiger partial charge >= 0.3 is 0 Å². The first-order chi connectivity index (χ1) is 8.79. The zero-order valence-electron chi connectivity index (χ0n) is 11.2. The third kappa shape index (κ3) is 3.65. The number of nitrogens with one attached hydrogen (secondary N) is 1. The molecule has 18 heavy (non-hydrogen) atoms. The maximum Gasteiger partial charge on any atom is 0.150 e. The van der Waals surface area contributed by atoms with Gasteiger partial charge < -0.3 is 15.0 Å². The molecule has 1 aromatic rings. The molecule has 5 nitrogen and oxygen atoms in total. The Kier molecular flexibility index (Phi) is 4.90. The van der Waals surface area contributed by atoms with Crippen LogP contribution < -0.4 is 10.2 Å². The van der Waals surface area contributed by atoms with Gasteiger partial charge in [0.25, 0.3) is 0 Å². The summed E-state index contributed by atoms with van der Waals surface area (Å²) in [5, 5.41) is 11.9. The summed E-state index contributed by atoms with van der Waals surface area (Å²) < 4.78 is 5.44. The lowest BCUT2D eigenvalue weighted by Gasteiger charge is -2.26. The van der Waals surface area contributed by atoms with Crippen LogP contribution in [0.5, 0.6) is 0 Å². The second-order valence-corrected chi connectivity index (χ2v) is 4.67. The first-order valence-electron chi connectivity index (χ1n) is 6.64. The van der Waals surface area contributed by atoms with Gasteiger partial charge in [0.05, 0.1) is 18.9 Å². The minimum absolute atomic E-state index is 0.462. The van der Waals surface area contributed by atoms with Gasteiger partial charge in [-0.1, -0.05) is 6.92 Å². The first kappa shape index (κ1) is 13.2. The number of ether oxygens (including phenoxy) is 1. The van der Waals surface area contributed by atoms with E-state index >= 15 is 0 Å². The summed E-state index contributed by atoms with van der Waals surface area (Å²) in [5.41, 5.74) is 1.04. The highest BCUT2D eigenvalue weighted by molar-refractivity contribution is 5.35. The minimum Gasteiger partial charge on any atom is -0.379 e. The van der Waals surface area contributed by atoms with Crippen LogP contribution >= 0.6 is 0 Å². The van der Waals surface area contributed by atoms with Gasteiger partial charge in [0.1, 0.15) is 0 Å². The summed E-state index contributed by atoms with van der Waals surface area (Å²) in [7, 11) is 2.05. The highest BCUT2D eigenvalue weighted by Crippen LogP contribution is 2.09. The predicted molar refractivity (Wildman–Crippen MR) is 71.9 cm³/mol. The van der Waals surface area contributed by atoms with Crippen LogP contribution in [0, 0.1) is 0 Å². The molecule has 0 spiro atoms. The van der Waals surface area contributed by atoms with Gasteiger partial charge in [-0.05, 0) is 25.0 Å². The van der Waals surface area contributed by atoms with Gasteiger partial charge in [0, 0.05) is 26.2 Å². The molecule has 100 valence electrons. The van der Waals surface area contributed by atoms with E-state index in [0.29, 0.717) is 6.04 Å². The zero-order chi connectivity index (χ0) is 12.8. The summed E-state index contributed by atoms with van der Waals surface area (Å²) >= 11 is 0. The normalized spacial score (nSPS) is 19.8. The van der Waals surface area contributed by atoms with Crippen molar-refractivity contribution in [1.82, 2.24) is 15.5 Å². The van der Waals surface area contributed by atoms with Gasteiger partial charge in [0.2, 0.25) is 0 Å². The topological polar surface area (TPSA) is 50.3 Å². The third-order valence-electron chi connectivity index (χ3n) is 3.27. The van der Waals surface area contributed by atoms with Crippen molar-refractivity contribution in [1.29, 1.82) is 0 Å². The van der Waals surface area contributed by atoms with Crippen LogP contribution in [0.1, 0.15) is 19.0 Å². The van der Waals surface area contributed by atoms with Crippen molar-refractivity contribution >= 4 is 5.82 Å². The van der Waals surface area contributed by atoms with Crippen LogP contribution in [-0.4, -0.2) is 49.6 Å². The number of nitrogens with zero attached hydrogens (tertiary/aromatic N) is 3. The Morgan fingerprint density at radius 2 is 2.33 bits per heavy atom. The Balaban J connectivity index is 1.80. The first-order valence-corrected chi connectivity index (χ1v) is 6.64. The number of rotatable bonds is 5. The predicted octanol–water partition coefficient (Wildman–Crippen LogP) is 0.854. The van der Waals surface area contributed by atoms with Crippen molar-refractivity contribution in [3.05, 3.63) is 17.8 Å². The fourth-order valence-corrected chi connectivity index (χ4v) is 2.01. The molecule has 5 heteroatoms. The standard InChI is InChI=1S/C13H22N4O/c1-3-11-4-5-13(16-15-11)17(2)8-6-12-10-18-9-7-14-12/h4-5,12,14H,3,6-10H2,1-2H3. The van der Waals surface area contributed by atoms with Gasteiger partial charge in [-0.2, -0.15) is 5.10 Å². The number of aryl methyl sites for hydroxylation is 1. The maximum atomic E-state index is 5.44. The van der Waals surface area contributed by atoms with Gasteiger partial charge in [-0.15, -0.1) is 5.10 Å². The Hall–Kier alpha value is -1.20. The summed E-state index contributed by atoms with van der Waals surface area (Å²) in [5.74, 6) is 0.934. The molecule has 1 aromatic heterocycles. The van der Waals surface area contributed by atoms with Gasteiger partial charge in [0.15, 0.2) is 5.82 Å². The minimum atomic E-state index is 0.462. The monoisotopic (exact) mass is 250 g/mol. The van der Waals surface area contributed by atoms with Crippen molar-refractivity contribution < 1.29 is 4.74 Å². The molecule has 0 radical (unpaired) electrons. The molecule has 0 aliphatic carbocycles. The number of hydrogen-bond donors (Lipinski definition) is 1. The molecule has 2 rings (SSSR count). The molecule has 1 atom stereocenters. The molecule has 0 amide bonds. The highest BCUT2D eigenvalue weighted by Gasteiger charge is 2.14. The summed E-state index contributed by atoms with van der Waals surface area (Å²) in [6, 6.07) is 4.54. The average molecular weight is 250 g/mol. The molecule has 0 saturated carbocycles. The SMILES string of the molecule is CCc1ccc(N(C)CCC2COCCN2)nn1. The lowest BCUT2D eigenvalue weighted by molar-refractivity contribution is 0.0749. The number of morpholine rings is 1. The summed E-state index contributed by atoms with van der Waals surface area (Å²) in [6.07, 6.45) is 1.99. The van der Waals surface area contributed by atoms with Crippen LogP contribution in [0.25, 0.3) is 0 Å². The lowest BCUT2D eigenvalue weighted by Crippen LogP contribution is -2.43. The number of aromatic nitrogens is 2. The van der Waals surface area contributed by atoms with Crippen molar-refractivity contribution in [3.8, 4) is 0 Å². The molecule has 2 heterocycles. The highest BCUT2D eigenvalue weighted by atomic mass is 16.5. The van der Waals surface area contributed by atoms with Crippen molar-refractivity contribution in [2.45, 2.75) is 25.8 Å². The molecule has 1 aliphatic rings. The van der Waals surface area contributed by atoms with E-state index in [1.165, 1.54) is 0 Å². The van der Waals surface area contributed by atoms with Crippen LogP contribution in [0.2, 0.25) is 0 Å². The van der Waals surface area contributed by atoms with Gasteiger partial charge in [-0.25, -0.2) is 0 Å². The fraction of sp³-hybridized carbons (Fsp3) is 0.692. The zero-order valence-corrected chi connectivity index (χ0v) is 11.2. The third-order valence-corrected chi connectivity index (χ3v) is 3.27. The number of anilines is 1. The van der Waals surface area contributed by atoms with Crippen LogP contribution in [-0.2, 0) is 11.2 Å². The molecular formula is C13H22N4O. The molecule has 1 N–H and O–H groups in total. The van der Waals surface area contributed by atoms with Crippen LogP contribution in [0.15, 0.2) is 12.1 Å². The molecule has 0 bridgehead atoms. The Bertz CT molecular complexity index is 349. The van der Waals surface area contributed by atoms with E-state index in [4.69, 9.17) is 4.74 Å². The second kappa shape index (κ2) is 6.66. The Morgan fingerprint density at radius 1 is 1.44 bits per heavy atom. The van der Waals surface area contributed by atoms with E-state index in [1.807, 2.05) is 12.1 Å². The van der Waals surface area contributed by atoms with Crippen molar-refractivity contribution in [2.75, 3.05) is 38.3 Å². The Morgan fingerprint density at radius 3 is 2.94 bits per heavy atom. The summed E-state index contributed by atoms with van der Waals surface area (Å²) in [4.78, 5) is 2.14. The molecular weight excluding hydrogens is 228 g/mol. The second-order valence-electron chi connectivity index (χ2n) is 4.67. The maximum absolute atomic E-state index is 5.44. The smallest absolute Gasteiger partial charge is 0.150 e. The average Bonchev–Trinajstić information content (AvgIpc) is 2.46. The van der Waals surface area contributed by atoms with E-state index in [9.17, 15) is 0 Å². The van der Waals surface area contributed by atoms with E-state index < -0.39 is 0 Å². The van der Waals surface area contributed by atoms with E-state index in [0.717, 1.165) is 50.7 Å². The fourth-order valence-electron chi connectivity index (χ4n) is 2.01. The number of hydrogen-bond acceptors (Lipinski definition) is 5. The molecule has 0 aromatic carbocycles.